The molecule has 0 spiro atoms. The second-order valence-electron chi connectivity index (χ2n) is 7.21. The lowest BCUT2D eigenvalue weighted by Gasteiger charge is -2.22. The maximum Gasteiger partial charge on any atom is 0.223 e. The molecule has 0 saturated carbocycles. The van der Waals surface area contributed by atoms with Gasteiger partial charge in [-0.05, 0) is 31.0 Å². The predicted molar refractivity (Wildman–Crippen MR) is 116 cm³/mol. The van der Waals surface area contributed by atoms with Crippen molar-refractivity contribution in [3.63, 3.8) is 0 Å². The standard InChI is InChI=1S/C24H29N3O2/c1-5-15-27(22(28)6-2)17-21-23(19-12-8-7-9-13-19)25-26(4)24(21)29-20-14-10-11-18(3)16-20/h7-14,16H,5-6,15,17H2,1-4H3. The van der Waals surface area contributed by atoms with Crippen LogP contribution in [0.5, 0.6) is 11.6 Å². The molecule has 29 heavy (non-hydrogen) atoms. The average molecular weight is 392 g/mol. The number of amides is 1. The summed E-state index contributed by atoms with van der Waals surface area (Å²) in [6.45, 7) is 7.20. The number of carbonyl (C=O) groups is 1. The second kappa shape index (κ2) is 9.41. The summed E-state index contributed by atoms with van der Waals surface area (Å²) in [5.74, 6) is 1.56. The highest BCUT2D eigenvalue weighted by molar-refractivity contribution is 5.76. The van der Waals surface area contributed by atoms with Crippen LogP contribution in [-0.2, 0) is 18.4 Å². The lowest BCUT2D eigenvalue weighted by atomic mass is 10.1. The monoisotopic (exact) mass is 391 g/mol. The molecule has 152 valence electrons. The van der Waals surface area contributed by atoms with E-state index in [1.165, 1.54) is 0 Å². The Morgan fingerprint density at radius 3 is 2.52 bits per heavy atom. The Morgan fingerprint density at radius 1 is 1.10 bits per heavy atom. The summed E-state index contributed by atoms with van der Waals surface area (Å²) < 4.78 is 8.04. The average Bonchev–Trinajstić information content (AvgIpc) is 3.03. The van der Waals surface area contributed by atoms with Crippen LogP contribution in [0, 0.1) is 6.92 Å². The van der Waals surface area contributed by atoms with Crippen LogP contribution in [0.1, 0.15) is 37.8 Å². The van der Waals surface area contributed by atoms with E-state index in [0.717, 1.165) is 34.6 Å². The zero-order valence-corrected chi connectivity index (χ0v) is 17.7. The third kappa shape index (κ3) is 4.86. The minimum absolute atomic E-state index is 0.135. The fourth-order valence-corrected chi connectivity index (χ4v) is 3.42. The van der Waals surface area contributed by atoms with E-state index in [2.05, 4.69) is 6.92 Å². The molecule has 0 fully saturated rings. The van der Waals surface area contributed by atoms with Gasteiger partial charge in [0.05, 0.1) is 12.1 Å². The van der Waals surface area contributed by atoms with Crippen molar-refractivity contribution < 1.29 is 9.53 Å². The van der Waals surface area contributed by atoms with Gasteiger partial charge in [0.15, 0.2) is 0 Å². The predicted octanol–water partition coefficient (Wildman–Crippen LogP) is 5.34. The van der Waals surface area contributed by atoms with Crippen LogP contribution < -0.4 is 4.74 Å². The molecule has 1 heterocycles. The summed E-state index contributed by atoms with van der Waals surface area (Å²) >= 11 is 0. The molecule has 0 aliphatic carbocycles. The summed E-state index contributed by atoms with van der Waals surface area (Å²) in [5, 5.41) is 4.75. The quantitative estimate of drug-likeness (QED) is 0.521. The summed E-state index contributed by atoms with van der Waals surface area (Å²) in [5.41, 5.74) is 3.91. The van der Waals surface area contributed by atoms with Gasteiger partial charge < -0.3 is 9.64 Å². The van der Waals surface area contributed by atoms with Crippen molar-refractivity contribution in [1.82, 2.24) is 14.7 Å². The number of hydrogen-bond acceptors (Lipinski definition) is 3. The van der Waals surface area contributed by atoms with Gasteiger partial charge in [0, 0.05) is 25.6 Å². The first kappa shape index (κ1) is 20.6. The van der Waals surface area contributed by atoms with Crippen LogP contribution in [0.2, 0.25) is 0 Å². The molecule has 0 bridgehead atoms. The first-order chi connectivity index (χ1) is 14.0. The fraction of sp³-hybridized carbons (Fsp3) is 0.333. The lowest BCUT2D eigenvalue weighted by molar-refractivity contribution is -0.131. The minimum atomic E-state index is 0.135. The zero-order valence-electron chi connectivity index (χ0n) is 17.7. The highest BCUT2D eigenvalue weighted by Gasteiger charge is 2.23. The van der Waals surface area contributed by atoms with E-state index >= 15 is 0 Å². The highest BCUT2D eigenvalue weighted by atomic mass is 16.5. The number of hydrogen-bond donors (Lipinski definition) is 0. The number of nitrogens with zero attached hydrogens (tertiary/aromatic N) is 3. The summed E-state index contributed by atoms with van der Waals surface area (Å²) in [7, 11) is 1.88. The van der Waals surface area contributed by atoms with Crippen molar-refractivity contribution in [2.24, 2.45) is 7.05 Å². The normalized spacial score (nSPS) is 10.8. The van der Waals surface area contributed by atoms with E-state index in [1.807, 2.05) is 80.4 Å². The molecule has 5 nitrogen and oxygen atoms in total. The first-order valence-electron chi connectivity index (χ1n) is 10.2. The summed E-state index contributed by atoms with van der Waals surface area (Å²) in [6, 6.07) is 18.0. The molecule has 5 heteroatoms. The van der Waals surface area contributed by atoms with E-state index in [4.69, 9.17) is 9.84 Å². The molecule has 3 aromatic rings. The number of ether oxygens (including phenoxy) is 1. The van der Waals surface area contributed by atoms with Crippen LogP contribution >= 0.6 is 0 Å². The van der Waals surface area contributed by atoms with Crippen molar-refractivity contribution in [1.29, 1.82) is 0 Å². The molecule has 0 atom stereocenters. The van der Waals surface area contributed by atoms with Crippen LogP contribution in [-0.4, -0.2) is 27.1 Å². The van der Waals surface area contributed by atoms with Crippen LogP contribution in [0.3, 0.4) is 0 Å². The van der Waals surface area contributed by atoms with Gasteiger partial charge in [-0.15, -0.1) is 0 Å². The van der Waals surface area contributed by atoms with Crippen LogP contribution in [0.15, 0.2) is 54.6 Å². The van der Waals surface area contributed by atoms with E-state index in [1.54, 1.807) is 4.68 Å². The SMILES string of the molecule is CCCN(Cc1c(-c2ccccc2)nn(C)c1Oc1cccc(C)c1)C(=O)CC. The van der Waals surface area contributed by atoms with Gasteiger partial charge in [-0.1, -0.05) is 56.3 Å². The van der Waals surface area contributed by atoms with Crippen molar-refractivity contribution in [2.45, 2.75) is 40.2 Å². The van der Waals surface area contributed by atoms with Gasteiger partial charge in [0.25, 0.3) is 0 Å². The molecule has 0 saturated heterocycles. The van der Waals surface area contributed by atoms with Crippen LogP contribution in [0.25, 0.3) is 11.3 Å². The molecule has 2 aromatic carbocycles. The molecular weight excluding hydrogens is 362 g/mol. The van der Waals surface area contributed by atoms with Crippen molar-refractivity contribution in [3.8, 4) is 22.9 Å². The Bertz CT molecular complexity index is 964. The fourth-order valence-electron chi connectivity index (χ4n) is 3.42. The Hall–Kier alpha value is -3.08. The molecule has 0 radical (unpaired) electrons. The Balaban J connectivity index is 2.07. The number of aromatic nitrogens is 2. The third-order valence-electron chi connectivity index (χ3n) is 4.84. The van der Waals surface area contributed by atoms with E-state index in [-0.39, 0.29) is 5.91 Å². The second-order valence-corrected chi connectivity index (χ2v) is 7.21. The Kier molecular flexibility index (Phi) is 6.70. The molecule has 1 aromatic heterocycles. The van der Waals surface area contributed by atoms with E-state index < -0.39 is 0 Å². The largest absolute Gasteiger partial charge is 0.439 e. The first-order valence-corrected chi connectivity index (χ1v) is 10.2. The lowest BCUT2D eigenvalue weighted by Crippen LogP contribution is -2.30. The number of benzene rings is 2. The van der Waals surface area contributed by atoms with Crippen molar-refractivity contribution in [3.05, 3.63) is 65.7 Å². The molecule has 0 aliphatic heterocycles. The molecule has 1 amide bonds. The molecule has 0 N–H and O–H groups in total. The van der Waals surface area contributed by atoms with E-state index in [9.17, 15) is 4.79 Å². The van der Waals surface area contributed by atoms with Gasteiger partial charge in [-0.2, -0.15) is 5.10 Å². The summed E-state index contributed by atoms with van der Waals surface area (Å²) in [6.07, 6.45) is 1.38. The minimum Gasteiger partial charge on any atom is -0.439 e. The van der Waals surface area contributed by atoms with Gasteiger partial charge in [0.1, 0.15) is 11.4 Å². The van der Waals surface area contributed by atoms with Crippen LogP contribution in [0.4, 0.5) is 0 Å². The van der Waals surface area contributed by atoms with Crippen molar-refractivity contribution in [2.75, 3.05) is 6.54 Å². The Morgan fingerprint density at radius 2 is 1.86 bits per heavy atom. The number of aryl methyl sites for hydroxylation is 2. The van der Waals surface area contributed by atoms with Gasteiger partial charge in [-0.3, -0.25) is 4.79 Å². The molecule has 0 unspecified atom stereocenters. The number of rotatable bonds is 8. The number of carbonyl (C=O) groups excluding carboxylic acids is 1. The smallest absolute Gasteiger partial charge is 0.223 e. The van der Waals surface area contributed by atoms with Gasteiger partial charge in [0.2, 0.25) is 11.8 Å². The third-order valence-corrected chi connectivity index (χ3v) is 4.84. The van der Waals surface area contributed by atoms with Gasteiger partial charge in [-0.25, -0.2) is 4.68 Å². The molecule has 0 aliphatic rings. The van der Waals surface area contributed by atoms with Crippen molar-refractivity contribution >= 4 is 5.91 Å². The molecule has 3 rings (SSSR count). The maximum absolute atomic E-state index is 12.5. The maximum atomic E-state index is 12.5. The summed E-state index contributed by atoms with van der Waals surface area (Å²) in [4.78, 5) is 14.4. The Labute approximate surface area is 172 Å². The highest BCUT2D eigenvalue weighted by Crippen LogP contribution is 2.34. The van der Waals surface area contributed by atoms with E-state index in [0.29, 0.717) is 25.4 Å². The zero-order chi connectivity index (χ0) is 20.8. The van der Waals surface area contributed by atoms with Gasteiger partial charge >= 0.3 is 0 Å². The topological polar surface area (TPSA) is 47.4 Å². The molecular formula is C24H29N3O2.